The molecule has 0 unspecified atom stereocenters. The first-order valence-electron chi connectivity index (χ1n) is 6.83. The summed E-state index contributed by atoms with van der Waals surface area (Å²) in [7, 11) is 0. The van der Waals surface area contributed by atoms with Gasteiger partial charge in [0.05, 0.1) is 17.0 Å². The van der Waals surface area contributed by atoms with E-state index >= 15 is 0 Å². The van der Waals surface area contributed by atoms with Gasteiger partial charge in [-0.05, 0) is 49.6 Å². The van der Waals surface area contributed by atoms with Gasteiger partial charge in [-0.15, -0.1) is 0 Å². The Hall–Kier alpha value is -2.16. The zero-order valence-electron chi connectivity index (χ0n) is 12.1. The Bertz CT molecular complexity index is 647. The van der Waals surface area contributed by atoms with Crippen molar-refractivity contribution >= 4 is 5.97 Å². The summed E-state index contributed by atoms with van der Waals surface area (Å²) in [6.45, 7) is 6.16. The van der Waals surface area contributed by atoms with Gasteiger partial charge in [0.25, 0.3) is 0 Å². The van der Waals surface area contributed by atoms with Crippen LogP contribution in [0.5, 0.6) is 0 Å². The van der Waals surface area contributed by atoms with E-state index in [4.69, 9.17) is 0 Å². The highest BCUT2D eigenvalue weighted by Gasteiger charge is 2.12. The number of aromatic nitrogens is 1. The molecule has 0 radical (unpaired) electrons. The lowest BCUT2D eigenvalue weighted by atomic mass is 10.0. The second-order valence-corrected chi connectivity index (χ2v) is 5.04. The third kappa shape index (κ3) is 2.87. The molecule has 3 nitrogen and oxygen atoms in total. The van der Waals surface area contributed by atoms with Crippen LogP contribution in [-0.4, -0.2) is 16.1 Å². The van der Waals surface area contributed by atoms with Crippen molar-refractivity contribution in [3.63, 3.8) is 0 Å². The van der Waals surface area contributed by atoms with Crippen LogP contribution in [0.15, 0.2) is 30.3 Å². The average Bonchev–Trinajstić information content (AvgIpc) is 2.42. The number of benzene rings is 1. The Morgan fingerprint density at radius 2 is 1.90 bits per heavy atom. The molecule has 2 rings (SSSR count). The number of pyridine rings is 1. The molecule has 1 aromatic carbocycles. The molecule has 1 heterocycles. The molecule has 0 aliphatic carbocycles. The lowest BCUT2D eigenvalue weighted by Gasteiger charge is -2.09. The smallest absolute Gasteiger partial charge is 0.337 e. The van der Waals surface area contributed by atoms with Crippen molar-refractivity contribution in [2.75, 3.05) is 0 Å². The minimum absolute atomic E-state index is 0.305. The zero-order valence-corrected chi connectivity index (χ0v) is 12.1. The maximum absolute atomic E-state index is 11.2. The van der Waals surface area contributed by atoms with Gasteiger partial charge in [-0.2, -0.15) is 0 Å². The van der Waals surface area contributed by atoms with E-state index in [1.54, 1.807) is 12.1 Å². The molecular formula is C17H19NO2. The van der Waals surface area contributed by atoms with Gasteiger partial charge < -0.3 is 5.11 Å². The number of nitrogens with zero attached hydrogens (tertiary/aromatic N) is 1. The van der Waals surface area contributed by atoms with E-state index in [1.165, 1.54) is 11.1 Å². The molecule has 0 spiro atoms. The Kier molecular flexibility index (Phi) is 4.18. The Balaban J connectivity index is 2.49. The summed E-state index contributed by atoms with van der Waals surface area (Å²) in [5.41, 5.74) is 5.28. The number of carboxylic acids is 1. The van der Waals surface area contributed by atoms with Gasteiger partial charge in [-0.1, -0.05) is 25.5 Å². The maximum atomic E-state index is 11.2. The summed E-state index contributed by atoms with van der Waals surface area (Å²) >= 11 is 0. The monoisotopic (exact) mass is 269 g/mol. The second kappa shape index (κ2) is 5.87. The lowest BCUT2D eigenvalue weighted by Crippen LogP contribution is -2.05. The topological polar surface area (TPSA) is 50.2 Å². The van der Waals surface area contributed by atoms with Crippen molar-refractivity contribution in [2.45, 2.75) is 33.6 Å². The predicted molar refractivity (Wildman–Crippen MR) is 80.1 cm³/mol. The van der Waals surface area contributed by atoms with Crippen LogP contribution in [0.25, 0.3) is 11.3 Å². The molecule has 1 N–H and O–H groups in total. The Labute approximate surface area is 119 Å². The fraction of sp³-hybridized carbons (Fsp3) is 0.294. The molecule has 2 aromatic rings. The number of aromatic carboxylic acids is 1. The van der Waals surface area contributed by atoms with Crippen LogP contribution in [-0.2, 0) is 6.42 Å². The van der Waals surface area contributed by atoms with E-state index in [2.05, 4.69) is 31.0 Å². The van der Waals surface area contributed by atoms with E-state index in [9.17, 15) is 9.90 Å². The first-order chi connectivity index (χ1) is 9.52. The van der Waals surface area contributed by atoms with Gasteiger partial charge in [-0.3, -0.25) is 4.98 Å². The second-order valence-electron chi connectivity index (χ2n) is 5.04. The van der Waals surface area contributed by atoms with E-state index in [0.717, 1.165) is 17.7 Å². The summed E-state index contributed by atoms with van der Waals surface area (Å²) in [5, 5.41) is 9.19. The van der Waals surface area contributed by atoms with Crippen molar-refractivity contribution in [1.82, 2.24) is 4.98 Å². The third-order valence-electron chi connectivity index (χ3n) is 3.49. The number of aryl methyl sites for hydroxylation is 3. The molecule has 1 aromatic heterocycles. The maximum Gasteiger partial charge on any atom is 0.337 e. The van der Waals surface area contributed by atoms with Gasteiger partial charge >= 0.3 is 5.97 Å². The van der Waals surface area contributed by atoms with Crippen LogP contribution in [0.2, 0.25) is 0 Å². The molecule has 0 saturated heterocycles. The van der Waals surface area contributed by atoms with Crippen LogP contribution in [0.1, 0.15) is 40.5 Å². The number of carbonyl (C=O) groups is 1. The lowest BCUT2D eigenvalue weighted by molar-refractivity contribution is 0.0695. The molecule has 0 amide bonds. The summed E-state index contributed by atoms with van der Waals surface area (Å²) < 4.78 is 0. The van der Waals surface area contributed by atoms with Crippen molar-refractivity contribution in [3.05, 3.63) is 52.7 Å². The molecule has 3 heteroatoms. The molecule has 0 aliphatic heterocycles. The standard InChI is InChI=1S/C17H19NO2/c1-4-5-16-14(17(19)20)8-9-15(18-16)13-7-6-11(2)12(3)10-13/h6-10H,4-5H2,1-3H3,(H,19,20). The van der Waals surface area contributed by atoms with Gasteiger partial charge in [0.15, 0.2) is 0 Å². The Morgan fingerprint density at radius 1 is 1.15 bits per heavy atom. The molecule has 20 heavy (non-hydrogen) atoms. The van der Waals surface area contributed by atoms with E-state index in [0.29, 0.717) is 17.7 Å². The first-order valence-corrected chi connectivity index (χ1v) is 6.83. The highest BCUT2D eigenvalue weighted by atomic mass is 16.4. The summed E-state index contributed by atoms with van der Waals surface area (Å²) in [6, 6.07) is 9.63. The minimum Gasteiger partial charge on any atom is -0.478 e. The van der Waals surface area contributed by atoms with Crippen molar-refractivity contribution < 1.29 is 9.90 Å². The molecule has 0 fully saturated rings. The molecule has 104 valence electrons. The van der Waals surface area contributed by atoms with E-state index < -0.39 is 5.97 Å². The van der Waals surface area contributed by atoms with E-state index in [1.807, 2.05) is 13.0 Å². The van der Waals surface area contributed by atoms with Crippen LogP contribution in [0, 0.1) is 13.8 Å². The van der Waals surface area contributed by atoms with Crippen molar-refractivity contribution in [2.24, 2.45) is 0 Å². The normalized spacial score (nSPS) is 10.6. The molecule has 0 atom stereocenters. The van der Waals surface area contributed by atoms with Crippen LogP contribution in [0.3, 0.4) is 0 Å². The molecular weight excluding hydrogens is 250 g/mol. The van der Waals surface area contributed by atoms with Gasteiger partial charge in [-0.25, -0.2) is 4.79 Å². The fourth-order valence-electron chi connectivity index (χ4n) is 2.18. The number of carboxylic acid groups (broad SMARTS) is 1. The number of rotatable bonds is 4. The van der Waals surface area contributed by atoms with Crippen molar-refractivity contribution in [3.8, 4) is 11.3 Å². The van der Waals surface area contributed by atoms with E-state index in [-0.39, 0.29) is 0 Å². The molecule has 0 saturated carbocycles. The predicted octanol–water partition coefficient (Wildman–Crippen LogP) is 4.02. The average molecular weight is 269 g/mol. The zero-order chi connectivity index (χ0) is 14.7. The summed E-state index contributed by atoms with van der Waals surface area (Å²) in [5.74, 6) is -0.910. The highest BCUT2D eigenvalue weighted by Crippen LogP contribution is 2.22. The number of hydrogen-bond acceptors (Lipinski definition) is 2. The first kappa shape index (κ1) is 14.3. The van der Waals surface area contributed by atoms with Gasteiger partial charge in [0.1, 0.15) is 0 Å². The largest absolute Gasteiger partial charge is 0.478 e. The molecule has 0 bridgehead atoms. The summed E-state index contributed by atoms with van der Waals surface area (Å²) in [6.07, 6.45) is 1.56. The van der Waals surface area contributed by atoms with Crippen LogP contribution < -0.4 is 0 Å². The van der Waals surface area contributed by atoms with Crippen LogP contribution in [0.4, 0.5) is 0 Å². The highest BCUT2D eigenvalue weighted by molar-refractivity contribution is 5.89. The summed E-state index contributed by atoms with van der Waals surface area (Å²) in [4.78, 5) is 15.7. The van der Waals surface area contributed by atoms with Gasteiger partial charge in [0, 0.05) is 5.56 Å². The number of hydrogen-bond donors (Lipinski definition) is 1. The quantitative estimate of drug-likeness (QED) is 0.912. The SMILES string of the molecule is CCCc1nc(-c2ccc(C)c(C)c2)ccc1C(=O)O. The third-order valence-corrected chi connectivity index (χ3v) is 3.49. The fourth-order valence-corrected chi connectivity index (χ4v) is 2.18. The van der Waals surface area contributed by atoms with Crippen LogP contribution >= 0.6 is 0 Å². The Morgan fingerprint density at radius 3 is 2.50 bits per heavy atom. The van der Waals surface area contributed by atoms with Gasteiger partial charge in [0.2, 0.25) is 0 Å². The van der Waals surface area contributed by atoms with Crippen molar-refractivity contribution in [1.29, 1.82) is 0 Å². The minimum atomic E-state index is -0.910. The molecule has 0 aliphatic rings.